The van der Waals surface area contributed by atoms with Crippen LogP contribution in [0.15, 0.2) is 34.9 Å². The lowest BCUT2D eigenvalue weighted by molar-refractivity contribution is 0.0789. The van der Waals surface area contributed by atoms with Crippen LogP contribution < -0.4 is 20.3 Å². The van der Waals surface area contributed by atoms with Gasteiger partial charge < -0.3 is 30.3 Å². The van der Waals surface area contributed by atoms with Crippen LogP contribution in [0.3, 0.4) is 0 Å². The molecule has 2 aliphatic rings. The summed E-state index contributed by atoms with van der Waals surface area (Å²) in [4.78, 5) is 16.5. The van der Waals surface area contributed by atoms with Gasteiger partial charge in [-0.05, 0) is 73.8 Å². The van der Waals surface area contributed by atoms with Crippen LogP contribution in [0.25, 0.3) is 0 Å². The summed E-state index contributed by atoms with van der Waals surface area (Å²) in [6, 6.07) is 6.80. The van der Waals surface area contributed by atoms with Crippen molar-refractivity contribution < 1.29 is 18.6 Å². The quantitative estimate of drug-likeness (QED) is 0.252. The Bertz CT molecular complexity index is 1470. The number of methoxy groups -OCH3 is 1. The fourth-order valence-electron chi connectivity index (χ4n) is 6.04. The van der Waals surface area contributed by atoms with Gasteiger partial charge in [0.25, 0.3) is 0 Å². The Kier molecular flexibility index (Phi) is 9.93. The molecule has 9 nitrogen and oxygen atoms in total. The lowest BCUT2D eigenvalue weighted by Gasteiger charge is -2.43. The van der Waals surface area contributed by atoms with Crippen molar-refractivity contribution in [2.45, 2.75) is 51.7 Å². The number of aliphatic hydroxyl groups is 1. The number of benzene rings is 2. The van der Waals surface area contributed by atoms with Crippen LogP contribution in [-0.4, -0.2) is 84.3 Å². The highest BCUT2D eigenvalue weighted by Gasteiger charge is 2.28. The van der Waals surface area contributed by atoms with Crippen LogP contribution >= 0.6 is 15.9 Å². The highest BCUT2D eigenvalue weighted by molar-refractivity contribution is 9.10. The first kappa shape index (κ1) is 32.3. The van der Waals surface area contributed by atoms with E-state index in [1.54, 1.807) is 13.3 Å². The van der Waals surface area contributed by atoms with Crippen molar-refractivity contribution in [3.05, 3.63) is 57.7 Å². The molecule has 0 unspecified atom stereocenters. The van der Waals surface area contributed by atoms with Gasteiger partial charge in [0, 0.05) is 80.6 Å². The molecule has 2 aromatic carbocycles. The summed E-state index contributed by atoms with van der Waals surface area (Å²) < 4.78 is 34.5. The molecule has 12 heteroatoms. The molecular formula is C32H42BrF2N7O2. The Morgan fingerprint density at radius 1 is 1.00 bits per heavy atom. The third-order valence-corrected chi connectivity index (χ3v) is 9.18. The topological polar surface area (TPSA) is 89.0 Å². The molecule has 0 bridgehead atoms. The van der Waals surface area contributed by atoms with Crippen molar-refractivity contribution in [3.63, 3.8) is 0 Å². The molecule has 5 rings (SSSR count). The number of anilines is 5. The van der Waals surface area contributed by atoms with Crippen LogP contribution in [0.4, 0.5) is 37.6 Å². The molecule has 0 spiro atoms. The van der Waals surface area contributed by atoms with Crippen LogP contribution in [0, 0.1) is 11.6 Å². The predicted molar refractivity (Wildman–Crippen MR) is 175 cm³/mol. The molecule has 1 aromatic heterocycles. The molecule has 0 atom stereocenters. The zero-order valence-electron chi connectivity index (χ0n) is 26.1. The van der Waals surface area contributed by atoms with Crippen molar-refractivity contribution in [1.29, 1.82) is 0 Å². The maximum absolute atomic E-state index is 14.2. The Balaban J connectivity index is 1.35. The number of piperazine rings is 1. The number of hydrogen-bond donors (Lipinski definition) is 3. The number of rotatable bonds is 9. The van der Waals surface area contributed by atoms with E-state index in [9.17, 15) is 13.9 Å². The molecule has 3 aromatic rings. The van der Waals surface area contributed by atoms with E-state index in [-0.39, 0.29) is 17.2 Å². The number of hydrogen-bond acceptors (Lipinski definition) is 9. The minimum absolute atomic E-state index is 0.188. The standard InChI is InChI=1S/C32H42BrF2N7O2/c1-6-20-15-27(29(44-5)18-28(20)42-9-7-21(8-10-42)41-13-11-40(4)12-14-41)38-31-36-19-23(33)30(39-31)37-26-17-25(35)24(34)16-22(26)32(2,3)43/h15-19,21,43H,6-14H2,1-5H3,(H2,36,37,38,39). The lowest BCUT2D eigenvalue weighted by atomic mass is 9.96. The monoisotopic (exact) mass is 673 g/mol. The van der Waals surface area contributed by atoms with Crippen LogP contribution in [0.2, 0.25) is 0 Å². The van der Waals surface area contributed by atoms with Crippen molar-refractivity contribution in [2.75, 3.05) is 69.0 Å². The second-order valence-corrected chi connectivity index (χ2v) is 13.0. The van der Waals surface area contributed by atoms with Gasteiger partial charge in [0.1, 0.15) is 11.6 Å². The maximum atomic E-state index is 14.2. The highest BCUT2D eigenvalue weighted by Crippen LogP contribution is 2.38. The Morgan fingerprint density at radius 2 is 1.68 bits per heavy atom. The summed E-state index contributed by atoms with van der Waals surface area (Å²) in [6.07, 6.45) is 4.69. The Morgan fingerprint density at radius 3 is 2.32 bits per heavy atom. The van der Waals surface area contributed by atoms with Crippen molar-refractivity contribution in [2.24, 2.45) is 0 Å². The van der Waals surface area contributed by atoms with E-state index in [1.807, 2.05) is 0 Å². The second-order valence-electron chi connectivity index (χ2n) is 12.1. The van der Waals surface area contributed by atoms with E-state index >= 15 is 0 Å². The first-order chi connectivity index (χ1) is 21.0. The predicted octanol–water partition coefficient (Wildman–Crippen LogP) is 6.02. The Hall–Kier alpha value is -3.06. The van der Waals surface area contributed by atoms with Gasteiger partial charge >= 0.3 is 0 Å². The van der Waals surface area contributed by atoms with Crippen LogP contribution in [-0.2, 0) is 12.0 Å². The summed E-state index contributed by atoms with van der Waals surface area (Å²) in [6.45, 7) is 11.7. The Labute approximate surface area is 266 Å². The second kappa shape index (κ2) is 13.5. The first-order valence-corrected chi connectivity index (χ1v) is 15.9. The molecule has 0 aliphatic carbocycles. The van der Waals surface area contributed by atoms with E-state index in [0.717, 1.165) is 76.4 Å². The average molecular weight is 675 g/mol. The number of aromatic nitrogens is 2. The zero-order chi connectivity index (χ0) is 31.6. The minimum Gasteiger partial charge on any atom is -0.494 e. The number of halogens is 3. The third-order valence-electron chi connectivity index (χ3n) is 8.60. The molecule has 2 saturated heterocycles. The summed E-state index contributed by atoms with van der Waals surface area (Å²) in [5, 5.41) is 16.9. The minimum atomic E-state index is -1.43. The molecule has 238 valence electrons. The molecule has 0 saturated carbocycles. The van der Waals surface area contributed by atoms with Gasteiger partial charge in [-0.1, -0.05) is 6.92 Å². The van der Waals surface area contributed by atoms with Gasteiger partial charge in [0.2, 0.25) is 5.95 Å². The number of ether oxygens (including phenoxy) is 1. The van der Waals surface area contributed by atoms with E-state index in [2.05, 4.69) is 77.3 Å². The smallest absolute Gasteiger partial charge is 0.229 e. The fourth-order valence-corrected chi connectivity index (χ4v) is 6.33. The number of piperidine rings is 1. The largest absolute Gasteiger partial charge is 0.494 e. The third kappa shape index (κ3) is 7.25. The van der Waals surface area contributed by atoms with Gasteiger partial charge in [-0.25, -0.2) is 13.8 Å². The van der Waals surface area contributed by atoms with E-state index < -0.39 is 17.2 Å². The van der Waals surface area contributed by atoms with E-state index in [4.69, 9.17) is 4.74 Å². The summed E-state index contributed by atoms with van der Waals surface area (Å²) in [5.74, 6) is -0.815. The molecule has 2 aliphatic heterocycles. The zero-order valence-corrected chi connectivity index (χ0v) is 27.6. The molecule has 0 radical (unpaired) electrons. The molecule has 3 N–H and O–H groups in total. The van der Waals surface area contributed by atoms with Gasteiger partial charge in [0.05, 0.1) is 22.9 Å². The molecular weight excluding hydrogens is 632 g/mol. The van der Waals surface area contributed by atoms with Crippen molar-refractivity contribution in [3.8, 4) is 5.75 Å². The number of likely N-dealkylation sites (N-methyl/N-ethyl adjacent to an activating group) is 1. The van der Waals surface area contributed by atoms with Gasteiger partial charge in [-0.2, -0.15) is 4.98 Å². The molecule has 44 heavy (non-hydrogen) atoms. The van der Waals surface area contributed by atoms with Crippen LogP contribution in [0.1, 0.15) is 44.7 Å². The van der Waals surface area contributed by atoms with E-state index in [1.165, 1.54) is 25.1 Å². The van der Waals surface area contributed by atoms with Crippen LogP contribution in [0.5, 0.6) is 5.75 Å². The normalized spacial score (nSPS) is 17.2. The first-order valence-electron chi connectivity index (χ1n) is 15.1. The average Bonchev–Trinajstić information content (AvgIpc) is 3.00. The number of nitrogens with one attached hydrogen (secondary N) is 2. The summed E-state index contributed by atoms with van der Waals surface area (Å²) in [7, 11) is 3.84. The summed E-state index contributed by atoms with van der Waals surface area (Å²) in [5.41, 5.74) is 2.05. The van der Waals surface area contributed by atoms with E-state index in [0.29, 0.717) is 22.1 Å². The molecule has 3 heterocycles. The molecule has 0 amide bonds. The van der Waals surface area contributed by atoms with Gasteiger partial charge in [-0.3, -0.25) is 4.90 Å². The van der Waals surface area contributed by atoms with Gasteiger partial charge in [0.15, 0.2) is 11.6 Å². The SMILES string of the molecule is CCc1cc(Nc2ncc(Br)c(Nc3cc(F)c(F)cc3C(C)(C)O)n2)c(OC)cc1N1CCC(N2CCN(C)CC2)CC1. The lowest BCUT2D eigenvalue weighted by Crippen LogP contribution is -2.52. The fraction of sp³-hybridized carbons (Fsp3) is 0.500. The number of aryl methyl sites for hydroxylation is 1. The number of nitrogens with zero attached hydrogens (tertiary/aromatic N) is 5. The van der Waals surface area contributed by atoms with Gasteiger partial charge in [-0.15, -0.1) is 0 Å². The van der Waals surface area contributed by atoms with Crippen molar-refractivity contribution >= 4 is 44.8 Å². The highest BCUT2D eigenvalue weighted by atomic mass is 79.9. The molecule has 2 fully saturated rings. The summed E-state index contributed by atoms with van der Waals surface area (Å²) >= 11 is 3.44. The van der Waals surface area contributed by atoms with Crippen molar-refractivity contribution in [1.82, 2.24) is 19.8 Å². The maximum Gasteiger partial charge on any atom is 0.229 e.